The number of benzene rings is 1. The van der Waals surface area contributed by atoms with Gasteiger partial charge in [0.15, 0.2) is 0 Å². The zero-order valence-corrected chi connectivity index (χ0v) is 13.8. The summed E-state index contributed by atoms with van der Waals surface area (Å²) in [5.41, 5.74) is 5.84. The lowest BCUT2D eigenvalue weighted by Crippen LogP contribution is -2.47. The molecule has 0 radical (unpaired) electrons. The highest BCUT2D eigenvalue weighted by molar-refractivity contribution is 7.89. The number of hydrogen-bond acceptors (Lipinski definition) is 5. The van der Waals surface area contributed by atoms with Gasteiger partial charge in [-0.25, -0.2) is 13.6 Å². The summed E-state index contributed by atoms with van der Waals surface area (Å²) in [6.07, 6.45) is 2.33. The molecule has 1 saturated heterocycles. The lowest BCUT2D eigenvalue weighted by Gasteiger charge is -2.37. The Morgan fingerprint density at radius 2 is 2.00 bits per heavy atom. The van der Waals surface area contributed by atoms with Crippen LogP contribution in [-0.4, -0.2) is 45.6 Å². The minimum atomic E-state index is -3.65. The van der Waals surface area contributed by atoms with Gasteiger partial charge in [-0.2, -0.15) is 0 Å². The monoisotopic (exact) mass is 327 g/mol. The predicted octanol–water partition coefficient (Wildman–Crippen LogP) is 0.772. The Balaban J connectivity index is 1.83. The molecule has 6 nitrogen and oxygen atoms in total. The quantitative estimate of drug-likeness (QED) is 0.804. The van der Waals surface area contributed by atoms with Gasteiger partial charge in [0.2, 0.25) is 10.0 Å². The summed E-state index contributed by atoms with van der Waals surface area (Å²) in [5, 5.41) is 5.06. The first kappa shape index (κ1) is 17.2. The number of likely N-dealkylation sites (tertiary alicyclic amines) is 1. The van der Waals surface area contributed by atoms with Crippen LogP contribution in [0.1, 0.15) is 19.8 Å². The van der Waals surface area contributed by atoms with Crippen molar-refractivity contribution >= 4 is 10.0 Å². The Labute approximate surface area is 132 Å². The Kier molecular flexibility index (Phi) is 5.80. The molecule has 1 aliphatic rings. The van der Waals surface area contributed by atoms with E-state index in [4.69, 9.17) is 15.6 Å². The second-order valence-electron chi connectivity index (χ2n) is 5.92. The molecular formula is C15H25N3O3S. The van der Waals surface area contributed by atoms with Crippen molar-refractivity contribution in [3.63, 3.8) is 0 Å². The van der Waals surface area contributed by atoms with Crippen LogP contribution in [0.3, 0.4) is 0 Å². The van der Waals surface area contributed by atoms with Gasteiger partial charge < -0.3 is 10.5 Å². The Bertz CT molecular complexity index is 574. The van der Waals surface area contributed by atoms with E-state index in [1.807, 2.05) is 0 Å². The third-order valence-corrected chi connectivity index (χ3v) is 5.10. The summed E-state index contributed by atoms with van der Waals surface area (Å²) in [4.78, 5) is 2.46. The average Bonchev–Trinajstić information content (AvgIpc) is 2.48. The Hall–Kier alpha value is -1.15. The molecule has 0 bridgehead atoms. The van der Waals surface area contributed by atoms with Crippen LogP contribution in [0.15, 0.2) is 29.2 Å². The molecule has 2 atom stereocenters. The molecule has 1 fully saturated rings. The van der Waals surface area contributed by atoms with E-state index in [1.54, 1.807) is 12.1 Å². The van der Waals surface area contributed by atoms with E-state index in [9.17, 15) is 8.42 Å². The van der Waals surface area contributed by atoms with Crippen molar-refractivity contribution in [2.45, 2.75) is 30.7 Å². The van der Waals surface area contributed by atoms with Gasteiger partial charge in [0.05, 0.1) is 4.90 Å². The second-order valence-corrected chi connectivity index (χ2v) is 7.48. The Morgan fingerprint density at radius 1 is 1.32 bits per heavy atom. The molecule has 22 heavy (non-hydrogen) atoms. The number of nitrogens with two attached hydrogens (primary N) is 2. The lowest BCUT2D eigenvalue weighted by molar-refractivity contribution is 0.103. The van der Waals surface area contributed by atoms with Crippen LogP contribution >= 0.6 is 0 Å². The summed E-state index contributed by atoms with van der Waals surface area (Å²) in [7, 11) is -3.65. The molecule has 0 aromatic heterocycles. The molecule has 0 spiro atoms. The highest BCUT2D eigenvalue weighted by Gasteiger charge is 2.24. The summed E-state index contributed by atoms with van der Waals surface area (Å²) in [5.74, 6) is 1.37. The summed E-state index contributed by atoms with van der Waals surface area (Å²) < 4.78 is 28.0. The van der Waals surface area contributed by atoms with Gasteiger partial charge in [0.1, 0.15) is 12.4 Å². The maximum Gasteiger partial charge on any atom is 0.238 e. The molecule has 1 heterocycles. The van der Waals surface area contributed by atoms with Crippen LogP contribution in [0, 0.1) is 5.92 Å². The van der Waals surface area contributed by atoms with Crippen molar-refractivity contribution in [3.8, 4) is 5.75 Å². The minimum Gasteiger partial charge on any atom is -0.492 e. The molecule has 4 N–H and O–H groups in total. The first-order valence-electron chi connectivity index (χ1n) is 7.60. The molecule has 1 aliphatic heterocycles. The van der Waals surface area contributed by atoms with Crippen molar-refractivity contribution in [3.05, 3.63) is 24.3 Å². The maximum absolute atomic E-state index is 11.2. The lowest BCUT2D eigenvalue weighted by atomic mass is 9.92. The van der Waals surface area contributed by atoms with E-state index in [2.05, 4.69) is 11.8 Å². The molecule has 1 aromatic rings. The summed E-state index contributed by atoms with van der Waals surface area (Å²) >= 11 is 0. The maximum atomic E-state index is 11.2. The average molecular weight is 327 g/mol. The molecule has 2 rings (SSSR count). The van der Waals surface area contributed by atoms with E-state index >= 15 is 0 Å². The van der Waals surface area contributed by atoms with Crippen molar-refractivity contribution in [1.82, 2.24) is 4.90 Å². The second kappa shape index (κ2) is 7.41. The molecule has 7 heteroatoms. The molecule has 124 valence electrons. The van der Waals surface area contributed by atoms with E-state index < -0.39 is 10.0 Å². The van der Waals surface area contributed by atoms with E-state index in [0.717, 1.165) is 25.4 Å². The van der Waals surface area contributed by atoms with Gasteiger partial charge in [-0.15, -0.1) is 0 Å². The van der Waals surface area contributed by atoms with Gasteiger partial charge >= 0.3 is 0 Å². The number of rotatable bonds is 6. The molecule has 2 unspecified atom stereocenters. The number of hydrogen-bond donors (Lipinski definition) is 2. The predicted molar refractivity (Wildman–Crippen MR) is 86.1 cm³/mol. The third-order valence-electron chi connectivity index (χ3n) is 4.17. The fourth-order valence-corrected chi connectivity index (χ4v) is 3.36. The van der Waals surface area contributed by atoms with Crippen molar-refractivity contribution < 1.29 is 13.2 Å². The SMILES string of the molecule is CC1CCN(CCOc2ccc(S(N)(=O)=O)cc2)C(CN)C1. The van der Waals surface area contributed by atoms with Crippen molar-refractivity contribution in [2.75, 3.05) is 26.2 Å². The number of primary sulfonamides is 1. The highest BCUT2D eigenvalue weighted by Crippen LogP contribution is 2.21. The molecule has 1 aromatic carbocycles. The zero-order chi connectivity index (χ0) is 16.2. The van der Waals surface area contributed by atoms with E-state index in [-0.39, 0.29) is 4.90 Å². The fraction of sp³-hybridized carbons (Fsp3) is 0.600. The molecule has 0 amide bonds. The van der Waals surface area contributed by atoms with Gasteiger partial charge in [-0.05, 0) is 49.6 Å². The van der Waals surface area contributed by atoms with E-state index in [1.165, 1.54) is 18.6 Å². The normalized spacial score (nSPS) is 23.4. The number of sulfonamides is 1. The van der Waals surface area contributed by atoms with Gasteiger partial charge in [0, 0.05) is 19.1 Å². The van der Waals surface area contributed by atoms with Crippen LogP contribution in [-0.2, 0) is 10.0 Å². The fourth-order valence-electron chi connectivity index (χ4n) is 2.85. The van der Waals surface area contributed by atoms with Crippen molar-refractivity contribution in [2.24, 2.45) is 16.8 Å². The van der Waals surface area contributed by atoms with Crippen LogP contribution in [0.25, 0.3) is 0 Å². The topological polar surface area (TPSA) is 98.6 Å². The number of nitrogens with zero attached hydrogens (tertiary/aromatic N) is 1. The number of ether oxygens (including phenoxy) is 1. The highest BCUT2D eigenvalue weighted by atomic mass is 32.2. The largest absolute Gasteiger partial charge is 0.492 e. The van der Waals surface area contributed by atoms with E-state index in [0.29, 0.717) is 24.9 Å². The first-order valence-corrected chi connectivity index (χ1v) is 9.14. The standard InChI is InChI=1S/C15H25N3O3S/c1-12-6-7-18(13(10-12)11-16)8-9-21-14-2-4-15(5-3-14)22(17,19)20/h2-5,12-13H,6-11,16H2,1H3,(H2,17,19,20). The van der Waals surface area contributed by atoms with Crippen LogP contribution in [0.2, 0.25) is 0 Å². The summed E-state index contributed by atoms with van der Waals surface area (Å²) in [6, 6.07) is 6.58. The third kappa shape index (κ3) is 4.67. The molecule has 0 saturated carbocycles. The number of piperidine rings is 1. The summed E-state index contributed by atoms with van der Waals surface area (Å²) in [6.45, 7) is 5.37. The van der Waals surface area contributed by atoms with Gasteiger partial charge in [0.25, 0.3) is 0 Å². The first-order chi connectivity index (χ1) is 10.4. The van der Waals surface area contributed by atoms with Crippen molar-refractivity contribution in [1.29, 1.82) is 0 Å². The smallest absolute Gasteiger partial charge is 0.238 e. The van der Waals surface area contributed by atoms with Crippen LogP contribution in [0.4, 0.5) is 0 Å². The van der Waals surface area contributed by atoms with Crippen LogP contribution < -0.4 is 15.6 Å². The van der Waals surface area contributed by atoms with Gasteiger partial charge in [-0.3, -0.25) is 4.90 Å². The molecular weight excluding hydrogens is 302 g/mol. The zero-order valence-electron chi connectivity index (χ0n) is 12.9. The Morgan fingerprint density at radius 3 is 2.59 bits per heavy atom. The minimum absolute atomic E-state index is 0.0908. The molecule has 0 aliphatic carbocycles. The van der Waals surface area contributed by atoms with Gasteiger partial charge in [-0.1, -0.05) is 6.92 Å². The van der Waals surface area contributed by atoms with Crippen LogP contribution in [0.5, 0.6) is 5.75 Å².